The fourth-order valence-electron chi connectivity index (χ4n) is 1.18. The lowest BCUT2D eigenvalue weighted by molar-refractivity contribution is 0.617. The third-order valence-electron chi connectivity index (χ3n) is 1.96. The van der Waals surface area contributed by atoms with Gasteiger partial charge in [0.1, 0.15) is 0 Å². The minimum Gasteiger partial charge on any atom is -0.265 e. The van der Waals surface area contributed by atoms with Crippen molar-refractivity contribution in [3.63, 3.8) is 0 Å². The molecule has 1 atom stereocenters. The number of hydrogen-bond donors (Lipinski definition) is 1. The van der Waals surface area contributed by atoms with Gasteiger partial charge in [-0.25, -0.2) is 0 Å². The molecule has 1 N–H and O–H groups in total. The Morgan fingerprint density at radius 3 is 3.00 bits per heavy atom. The van der Waals surface area contributed by atoms with Gasteiger partial charge in [-0.15, -0.1) is 5.10 Å². The van der Waals surface area contributed by atoms with Gasteiger partial charge in [0.25, 0.3) is 0 Å². The van der Waals surface area contributed by atoms with Gasteiger partial charge in [0.2, 0.25) is 0 Å². The van der Waals surface area contributed by atoms with Gasteiger partial charge < -0.3 is 0 Å². The topological polar surface area (TPSA) is 41.6 Å². The maximum atomic E-state index is 5.05. The van der Waals surface area contributed by atoms with Crippen molar-refractivity contribution in [3.8, 4) is 0 Å². The zero-order valence-corrected chi connectivity index (χ0v) is 8.10. The molecule has 1 heterocycles. The van der Waals surface area contributed by atoms with Crippen LogP contribution in [-0.4, -0.2) is 21.2 Å². The standard InChI is InChI=1S/C8H14N3S/c1-2-3-4-7(6-12)8-5-9-11-10-8/h5,7H,2-4,6H2,1H3,(H,9,10,11). The Morgan fingerprint density at radius 1 is 1.67 bits per heavy atom. The largest absolute Gasteiger partial charge is 0.265 e. The molecule has 12 heavy (non-hydrogen) atoms. The molecular formula is C8H14N3S. The molecule has 0 amide bonds. The van der Waals surface area contributed by atoms with Crippen LogP contribution in [-0.2, 0) is 0 Å². The maximum absolute atomic E-state index is 5.05. The third-order valence-corrected chi connectivity index (χ3v) is 2.36. The molecule has 0 aliphatic carbocycles. The van der Waals surface area contributed by atoms with Gasteiger partial charge in [0.05, 0.1) is 5.69 Å². The van der Waals surface area contributed by atoms with Crippen molar-refractivity contribution >= 4 is 12.6 Å². The molecule has 1 aromatic rings. The molecule has 0 aliphatic rings. The molecule has 67 valence electrons. The summed E-state index contributed by atoms with van der Waals surface area (Å²) in [4.78, 5) is 0. The van der Waals surface area contributed by atoms with E-state index in [1.165, 1.54) is 12.8 Å². The van der Waals surface area contributed by atoms with Crippen LogP contribution in [0.1, 0.15) is 37.8 Å². The average molecular weight is 184 g/mol. The van der Waals surface area contributed by atoms with Crippen LogP contribution in [0.4, 0.5) is 0 Å². The highest BCUT2D eigenvalue weighted by atomic mass is 32.1. The molecule has 0 bridgehead atoms. The Bertz CT molecular complexity index is 198. The Balaban J connectivity index is 2.45. The summed E-state index contributed by atoms with van der Waals surface area (Å²) in [5, 5.41) is 10.4. The Labute approximate surface area is 78.4 Å². The monoisotopic (exact) mass is 184 g/mol. The van der Waals surface area contributed by atoms with E-state index in [0.717, 1.165) is 17.9 Å². The predicted molar refractivity (Wildman–Crippen MR) is 51.1 cm³/mol. The summed E-state index contributed by atoms with van der Waals surface area (Å²) in [5.74, 6) is 1.16. The summed E-state index contributed by atoms with van der Waals surface area (Å²) in [7, 11) is 0. The van der Waals surface area contributed by atoms with Crippen LogP contribution < -0.4 is 0 Å². The molecule has 0 saturated carbocycles. The van der Waals surface area contributed by atoms with E-state index >= 15 is 0 Å². The lowest BCUT2D eigenvalue weighted by Crippen LogP contribution is -2.01. The highest BCUT2D eigenvalue weighted by Gasteiger charge is 2.11. The van der Waals surface area contributed by atoms with E-state index in [-0.39, 0.29) is 0 Å². The highest BCUT2D eigenvalue weighted by Crippen LogP contribution is 2.20. The lowest BCUT2D eigenvalue weighted by atomic mass is 10.0. The molecule has 0 aromatic carbocycles. The summed E-state index contributed by atoms with van der Waals surface area (Å²) in [6.45, 7) is 2.18. The van der Waals surface area contributed by atoms with E-state index in [0.29, 0.717) is 5.92 Å². The van der Waals surface area contributed by atoms with E-state index in [1.807, 2.05) is 6.20 Å². The number of H-pyrrole nitrogens is 1. The van der Waals surface area contributed by atoms with E-state index in [4.69, 9.17) is 12.6 Å². The van der Waals surface area contributed by atoms with Gasteiger partial charge in [-0.05, 0) is 6.42 Å². The smallest absolute Gasteiger partial charge is 0.0863 e. The first-order chi connectivity index (χ1) is 5.88. The van der Waals surface area contributed by atoms with Gasteiger partial charge >= 0.3 is 0 Å². The number of aromatic amines is 1. The summed E-state index contributed by atoms with van der Waals surface area (Å²) in [6, 6.07) is 0. The number of aromatic nitrogens is 3. The van der Waals surface area contributed by atoms with Crippen molar-refractivity contribution in [1.82, 2.24) is 15.4 Å². The first kappa shape index (κ1) is 9.58. The molecule has 0 spiro atoms. The molecule has 1 radical (unpaired) electrons. The van der Waals surface area contributed by atoms with E-state index in [2.05, 4.69) is 22.3 Å². The van der Waals surface area contributed by atoms with Crippen molar-refractivity contribution in [2.45, 2.75) is 32.1 Å². The fourth-order valence-corrected chi connectivity index (χ4v) is 1.51. The van der Waals surface area contributed by atoms with Gasteiger partial charge in [-0.3, -0.25) is 5.10 Å². The first-order valence-electron chi connectivity index (χ1n) is 4.33. The lowest BCUT2D eigenvalue weighted by Gasteiger charge is -2.08. The Morgan fingerprint density at radius 2 is 2.50 bits per heavy atom. The van der Waals surface area contributed by atoms with Crippen molar-refractivity contribution < 1.29 is 0 Å². The Kier molecular flexibility index (Phi) is 4.14. The number of nitrogens with zero attached hydrogens (tertiary/aromatic N) is 2. The SMILES string of the molecule is CCCCC(C[S])c1c[nH]nn1. The molecule has 4 heteroatoms. The molecule has 1 unspecified atom stereocenters. The average Bonchev–Trinajstić information content (AvgIpc) is 2.59. The number of hydrogen-bond acceptors (Lipinski definition) is 2. The maximum Gasteiger partial charge on any atom is 0.0863 e. The number of rotatable bonds is 5. The molecule has 3 nitrogen and oxygen atoms in total. The predicted octanol–water partition coefficient (Wildman–Crippen LogP) is 2.28. The second-order valence-electron chi connectivity index (χ2n) is 2.90. The quantitative estimate of drug-likeness (QED) is 0.762. The normalized spacial score (nSPS) is 13.2. The van der Waals surface area contributed by atoms with Gasteiger partial charge in [0.15, 0.2) is 0 Å². The molecule has 1 rings (SSSR count). The van der Waals surface area contributed by atoms with Crippen LogP contribution in [0.5, 0.6) is 0 Å². The van der Waals surface area contributed by atoms with Crippen LogP contribution in [0.25, 0.3) is 0 Å². The van der Waals surface area contributed by atoms with E-state index in [1.54, 1.807) is 0 Å². The van der Waals surface area contributed by atoms with Crippen LogP contribution in [0.3, 0.4) is 0 Å². The summed E-state index contributed by atoms with van der Waals surface area (Å²) in [5.41, 5.74) is 1.01. The van der Waals surface area contributed by atoms with E-state index in [9.17, 15) is 0 Å². The molecular weight excluding hydrogens is 170 g/mol. The molecule has 0 aliphatic heterocycles. The van der Waals surface area contributed by atoms with E-state index < -0.39 is 0 Å². The molecule has 0 fully saturated rings. The fraction of sp³-hybridized carbons (Fsp3) is 0.750. The third kappa shape index (κ3) is 2.52. The summed E-state index contributed by atoms with van der Waals surface area (Å²) in [6.07, 6.45) is 5.40. The minimum absolute atomic E-state index is 0.415. The second kappa shape index (κ2) is 5.19. The summed E-state index contributed by atoms with van der Waals surface area (Å²) >= 11 is 5.05. The minimum atomic E-state index is 0.415. The van der Waals surface area contributed by atoms with Crippen molar-refractivity contribution in [3.05, 3.63) is 11.9 Å². The van der Waals surface area contributed by atoms with Crippen LogP contribution in [0.15, 0.2) is 6.20 Å². The first-order valence-corrected chi connectivity index (χ1v) is 4.90. The van der Waals surface area contributed by atoms with Gasteiger partial charge in [-0.1, -0.05) is 37.6 Å². The van der Waals surface area contributed by atoms with Crippen molar-refractivity contribution in [2.24, 2.45) is 0 Å². The van der Waals surface area contributed by atoms with Crippen LogP contribution >= 0.6 is 12.6 Å². The zero-order chi connectivity index (χ0) is 8.81. The van der Waals surface area contributed by atoms with Gasteiger partial charge in [0, 0.05) is 17.9 Å². The molecule has 0 saturated heterocycles. The van der Waals surface area contributed by atoms with Gasteiger partial charge in [-0.2, -0.15) is 0 Å². The van der Waals surface area contributed by atoms with Crippen molar-refractivity contribution in [1.29, 1.82) is 0 Å². The highest BCUT2D eigenvalue weighted by molar-refractivity contribution is 7.80. The summed E-state index contributed by atoms with van der Waals surface area (Å²) < 4.78 is 0. The zero-order valence-electron chi connectivity index (χ0n) is 7.29. The Hall–Kier alpha value is -0.510. The van der Waals surface area contributed by atoms with Crippen molar-refractivity contribution in [2.75, 3.05) is 5.75 Å². The number of unbranched alkanes of at least 4 members (excludes halogenated alkanes) is 1. The number of nitrogens with one attached hydrogen (secondary N) is 1. The van der Waals surface area contributed by atoms with Crippen LogP contribution in [0.2, 0.25) is 0 Å². The molecule has 1 aromatic heterocycles. The second-order valence-corrected chi connectivity index (χ2v) is 3.24. The van der Waals surface area contributed by atoms with Crippen LogP contribution in [0, 0.1) is 0 Å².